The fraction of sp³-hybridized carbons (Fsp3) is 0.385. The lowest BCUT2D eigenvalue weighted by molar-refractivity contribution is -0.118. The maximum absolute atomic E-state index is 12.1. The fourth-order valence-corrected chi connectivity index (χ4v) is 3.10. The Hall–Kier alpha value is -1.47. The van der Waals surface area contributed by atoms with Crippen LogP contribution in [0.3, 0.4) is 0 Å². The minimum absolute atomic E-state index is 0.0371. The number of benzene rings is 1. The second-order valence-electron chi connectivity index (χ2n) is 4.33. The monoisotopic (exact) mass is 246 g/mol. The average Bonchev–Trinajstić information content (AvgIpc) is 2.78. The van der Waals surface area contributed by atoms with E-state index in [9.17, 15) is 4.79 Å². The van der Waals surface area contributed by atoms with Crippen molar-refractivity contribution in [3.63, 3.8) is 0 Å². The Balaban J connectivity index is 2.10. The zero-order chi connectivity index (χ0) is 12.3. The Labute approximate surface area is 105 Å². The summed E-state index contributed by atoms with van der Waals surface area (Å²) in [7, 11) is 0. The molecule has 3 nitrogen and oxygen atoms in total. The lowest BCUT2D eigenvalue weighted by atomic mass is 10.0. The third-order valence-electron chi connectivity index (χ3n) is 2.95. The van der Waals surface area contributed by atoms with Crippen LogP contribution >= 0.6 is 11.8 Å². The predicted octanol–water partition coefficient (Wildman–Crippen LogP) is 2.78. The van der Waals surface area contributed by atoms with Gasteiger partial charge >= 0.3 is 0 Å². The Morgan fingerprint density at radius 1 is 1.59 bits per heavy atom. The molecule has 1 heterocycles. The van der Waals surface area contributed by atoms with E-state index in [1.807, 2.05) is 13.0 Å². The summed E-state index contributed by atoms with van der Waals surface area (Å²) in [6.45, 7) is 1.98. The first-order chi connectivity index (χ1) is 8.14. The SMILES string of the molecule is CC1(C(=O)Nc2cccc(C#N)c2)CCCS1. The number of nitrogens with zero attached hydrogens (tertiary/aromatic N) is 1. The molecule has 1 aliphatic heterocycles. The molecule has 88 valence electrons. The maximum atomic E-state index is 12.1. The molecule has 0 aliphatic carbocycles. The maximum Gasteiger partial charge on any atom is 0.240 e. The highest BCUT2D eigenvalue weighted by atomic mass is 32.2. The summed E-state index contributed by atoms with van der Waals surface area (Å²) in [6, 6.07) is 9.07. The van der Waals surface area contributed by atoms with E-state index in [2.05, 4.69) is 11.4 Å². The Morgan fingerprint density at radius 2 is 2.41 bits per heavy atom. The number of hydrogen-bond acceptors (Lipinski definition) is 3. The smallest absolute Gasteiger partial charge is 0.240 e. The molecule has 1 saturated heterocycles. The summed E-state index contributed by atoms with van der Waals surface area (Å²) in [5, 5.41) is 11.7. The molecule has 1 atom stereocenters. The highest BCUT2D eigenvalue weighted by molar-refractivity contribution is 8.01. The van der Waals surface area contributed by atoms with Crippen molar-refractivity contribution in [1.82, 2.24) is 0 Å². The van der Waals surface area contributed by atoms with Gasteiger partial charge in [0.1, 0.15) is 0 Å². The largest absolute Gasteiger partial charge is 0.325 e. The number of carbonyl (C=O) groups is 1. The lowest BCUT2D eigenvalue weighted by Crippen LogP contribution is -2.34. The Kier molecular flexibility index (Phi) is 3.39. The molecule has 0 bridgehead atoms. The van der Waals surface area contributed by atoms with Gasteiger partial charge in [0.25, 0.3) is 0 Å². The van der Waals surface area contributed by atoms with Crippen LogP contribution in [0.1, 0.15) is 25.3 Å². The summed E-state index contributed by atoms with van der Waals surface area (Å²) in [5.74, 6) is 1.08. The van der Waals surface area contributed by atoms with Crippen molar-refractivity contribution in [3.8, 4) is 6.07 Å². The van der Waals surface area contributed by atoms with E-state index in [0.29, 0.717) is 11.3 Å². The van der Waals surface area contributed by atoms with Crippen molar-refractivity contribution in [2.24, 2.45) is 0 Å². The van der Waals surface area contributed by atoms with E-state index < -0.39 is 0 Å². The third kappa shape index (κ3) is 2.62. The number of hydrogen-bond donors (Lipinski definition) is 1. The molecule has 17 heavy (non-hydrogen) atoms. The minimum atomic E-state index is -0.317. The van der Waals surface area contributed by atoms with Crippen LogP contribution in [0.5, 0.6) is 0 Å². The number of amides is 1. The number of nitriles is 1. The van der Waals surface area contributed by atoms with Crippen molar-refractivity contribution in [1.29, 1.82) is 5.26 Å². The van der Waals surface area contributed by atoms with E-state index in [0.717, 1.165) is 18.6 Å². The van der Waals surface area contributed by atoms with Gasteiger partial charge in [-0.15, -0.1) is 11.8 Å². The molecule has 1 aromatic rings. The van der Waals surface area contributed by atoms with Gasteiger partial charge in [-0.05, 0) is 43.7 Å². The molecule has 1 aliphatic rings. The lowest BCUT2D eigenvalue weighted by Gasteiger charge is -2.21. The van der Waals surface area contributed by atoms with Crippen LogP contribution < -0.4 is 5.32 Å². The summed E-state index contributed by atoms with van der Waals surface area (Å²) in [4.78, 5) is 12.1. The zero-order valence-electron chi connectivity index (χ0n) is 9.69. The molecule has 0 radical (unpaired) electrons. The summed E-state index contributed by atoms with van der Waals surface area (Å²) >= 11 is 1.70. The minimum Gasteiger partial charge on any atom is -0.325 e. The topological polar surface area (TPSA) is 52.9 Å². The number of anilines is 1. The summed E-state index contributed by atoms with van der Waals surface area (Å²) in [6.07, 6.45) is 2.01. The molecule has 1 aromatic carbocycles. The third-order valence-corrected chi connectivity index (χ3v) is 4.47. The van der Waals surface area contributed by atoms with Gasteiger partial charge < -0.3 is 5.32 Å². The molecule has 0 aromatic heterocycles. The molecular weight excluding hydrogens is 232 g/mol. The van der Waals surface area contributed by atoms with Crippen LogP contribution in [0, 0.1) is 11.3 Å². The molecule has 4 heteroatoms. The van der Waals surface area contributed by atoms with Crippen LogP contribution in [0.25, 0.3) is 0 Å². The Morgan fingerprint density at radius 3 is 3.06 bits per heavy atom. The van der Waals surface area contributed by atoms with Crippen LogP contribution in [-0.4, -0.2) is 16.4 Å². The van der Waals surface area contributed by atoms with Gasteiger partial charge in [-0.2, -0.15) is 5.26 Å². The molecule has 1 N–H and O–H groups in total. The molecule has 1 unspecified atom stereocenters. The second kappa shape index (κ2) is 4.80. The van der Waals surface area contributed by atoms with Crippen molar-refractivity contribution in [3.05, 3.63) is 29.8 Å². The average molecular weight is 246 g/mol. The predicted molar refractivity (Wildman–Crippen MR) is 69.9 cm³/mol. The molecule has 1 fully saturated rings. The normalized spacial score (nSPS) is 23.1. The van der Waals surface area contributed by atoms with Crippen LogP contribution in [0.15, 0.2) is 24.3 Å². The van der Waals surface area contributed by atoms with Gasteiger partial charge in [-0.1, -0.05) is 6.07 Å². The van der Waals surface area contributed by atoms with E-state index >= 15 is 0 Å². The number of thioether (sulfide) groups is 1. The first-order valence-electron chi connectivity index (χ1n) is 5.60. The first kappa shape index (κ1) is 12.0. The quantitative estimate of drug-likeness (QED) is 0.873. The van der Waals surface area contributed by atoms with Gasteiger partial charge in [0.05, 0.1) is 16.4 Å². The first-order valence-corrected chi connectivity index (χ1v) is 6.58. The van der Waals surface area contributed by atoms with E-state index in [1.54, 1.807) is 30.0 Å². The number of nitrogens with one attached hydrogen (secondary N) is 1. The Bertz CT molecular complexity index is 473. The van der Waals surface area contributed by atoms with Crippen molar-refractivity contribution < 1.29 is 4.79 Å². The van der Waals surface area contributed by atoms with Crippen molar-refractivity contribution in [2.75, 3.05) is 11.1 Å². The zero-order valence-corrected chi connectivity index (χ0v) is 10.5. The second-order valence-corrected chi connectivity index (χ2v) is 5.93. The van der Waals surface area contributed by atoms with Crippen LogP contribution in [0.4, 0.5) is 5.69 Å². The molecule has 1 amide bonds. The van der Waals surface area contributed by atoms with E-state index in [4.69, 9.17) is 5.26 Å². The van der Waals surface area contributed by atoms with Gasteiger partial charge in [0, 0.05) is 5.69 Å². The van der Waals surface area contributed by atoms with Crippen molar-refractivity contribution >= 4 is 23.4 Å². The van der Waals surface area contributed by atoms with E-state index in [1.165, 1.54) is 0 Å². The highest BCUT2D eigenvalue weighted by Crippen LogP contribution is 2.38. The van der Waals surface area contributed by atoms with Gasteiger partial charge in [0.2, 0.25) is 5.91 Å². The molecule has 0 spiro atoms. The van der Waals surface area contributed by atoms with Gasteiger partial charge in [0.15, 0.2) is 0 Å². The van der Waals surface area contributed by atoms with Gasteiger partial charge in [-0.25, -0.2) is 0 Å². The summed E-state index contributed by atoms with van der Waals surface area (Å²) in [5.41, 5.74) is 1.26. The highest BCUT2D eigenvalue weighted by Gasteiger charge is 2.37. The molecule has 2 rings (SSSR count). The molecular formula is C13H14N2OS. The number of rotatable bonds is 2. The number of carbonyl (C=O) groups excluding carboxylic acids is 1. The van der Waals surface area contributed by atoms with Gasteiger partial charge in [-0.3, -0.25) is 4.79 Å². The molecule has 0 saturated carbocycles. The summed E-state index contributed by atoms with van der Waals surface area (Å²) < 4.78 is -0.317. The van der Waals surface area contributed by atoms with E-state index in [-0.39, 0.29) is 10.7 Å². The van der Waals surface area contributed by atoms with Crippen LogP contribution in [-0.2, 0) is 4.79 Å². The fourth-order valence-electron chi connectivity index (χ4n) is 1.89. The van der Waals surface area contributed by atoms with Crippen LogP contribution in [0.2, 0.25) is 0 Å². The van der Waals surface area contributed by atoms with Crippen molar-refractivity contribution in [2.45, 2.75) is 24.5 Å². The standard InChI is InChI=1S/C13H14N2OS/c1-13(6-3-7-17-13)12(16)15-11-5-2-4-10(8-11)9-14/h2,4-5,8H,3,6-7H2,1H3,(H,15,16).